The lowest BCUT2D eigenvalue weighted by Crippen LogP contribution is -2.40. The van der Waals surface area contributed by atoms with Gasteiger partial charge in [0.2, 0.25) is 5.91 Å². The van der Waals surface area contributed by atoms with Crippen molar-refractivity contribution in [1.29, 1.82) is 0 Å². The standard InChI is InChI=1S/C13H18N4O4/c1-3-4-15-11(18)8-17(2)13(21)16-10-5-9(12(19)20)6-14-7-10/h5-7H,3-4,8H2,1-2H3,(H,15,18)(H,16,21)(H,19,20). The second-order valence-corrected chi connectivity index (χ2v) is 4.40. The van der Waals surface area contributed by atoms with Crippen LogP contribution >= 0.6 is 0 Å². The van der Waals surface area contributed by atoms with Crippen LogP contribution in [0.2, 0.25) is 0 Å². The normalized spacial score (nSPS) is 9.81. The predicted molar refractivity (Wildman–Crippen MR) is 76.1 cm³/mol. The van der Waals surface area contributed by atoms with E-state index in [0.29, 0.717) is 6.54 Å². The zero-order valence-electron chi connectivity index (χ0n) is 11.9. The third kappa shape index (κ3) is 5.47. The summed E-state index contributed by atoms with van der Waals surface area (Å²) >= 11 is 0. The van der Waals surface area contributed by atoms with Crippen LogP contribution in [-0.2, 0) is 4.79 Å². The van der Waals surface area contributed by atoms with Gasteiger partial charge in [-0.2, -0.15) is 0 Å². The van der Waals surface area contributed by atoms with E-state index in [1.54, 1.807) is 0 Å². The molecule has 0 saturated heterocycles. The number of aromatic carboxylic acids is 1. The molecular weight excluding hydrogens is 276 g/mol. The van der Waals surface area contributed by atoms with Gasteiger partial charge in [-0.25, -0.2) is 9.59 Å². The highest BCUT2D eigenvalue weighted by Crippen LogP contribution is 2.09. The number of amides is 3. The summed E-state index contributed by atoms with van der Waals surface area (Å²) in [5.74, 6) is -1.39. The Morgan fingerprint density at radius 1 is 1.33 bits per heavy atom. The highest BCUT2D eigenvalue weighted by molar-refractivity contribution is 5.94. The van der Waals surface area contributed by atoms with Gasteiger partial charge in [-0.05, 0) is 12.5 Å². The Balaban J connectivity index is 2.58. The number of pyridine rings is 1. The Hall–Kier alpha value is -2.64. The summed E-state index contributed by atoms with van der Waals surface area (Å²) in [6.07, 6.45) is 3.32. The van der Waals surface area contributed by atoms with Crippen molar-refractivity contribution in [3.8, 4) is 0 Å². The highest BCUT2D eigenvalue weighted by atomic mass is 16.4. The Kier molecular flexibility index (Phi) is 6.12. The molecule has 0 saturated carbocycles. The molecule has 0 unspecified atom stereocenters. The maximum atomic E-state index is 11.9. The molecule has 3 N–H and O–H groups in total. The largest absolute Gasteiger partial charge is 0.478 e. The molecule has 1 heterocycles. The lowest BCUT2D eigenvalue weighted by atomic mass is 10.2. The first-order valence-corrected chi connectivity index (χ1v) is 6.41. The van der Waals surface area contributed by atoms with Crippen LogP contribution in [0, 0.1) is 0 Å². The van der Waals surface area contributed by atoms with E-state index in [0.717, 1.165) is 6.42 Å². The fourth-order valence-electron chi connectivity index (χ4n) is 1.45. The molecule has 0 radical (unpaired) electrons. The molecule has 0 aliphatic carbocycles. The molecule has 0 aliphatic heterocycles. The lowest BCUT2D eigenvalue weighted by molar-refractivity contribution is -0.121. The van der Waals surface area contributed by atoms with E-state index in [2.05, 4.69) is 15.6 Å². The van der Waals surface area contributed by atoms with Gasteiger partial charge < -0.3 is 20.6 Å². The quantitative estimate of drug-likeness (QED) is 0.717. The Bertz CT molecular complexity index is 533. The number of carboxylic acid groups (broad SMARTS) is 1. The Labute approximate surface area is 122 Å². The number of nitrogens with one attached hydrogen (secondary N) is 2. The molecule has 0 spiro atoms. The molecule has 8 heteroatoms. The van der Waals surface area contributed by atoms with Crippen molar-refractivity contribution in [3.05, 3.63) is 24.0 Å². The molecule has 1 aromatic heterocycles. The number of anilines is 1. The van der Waals surface area contributed by atoms with Gasteiger partial charge in [-0.1, -0.05) is 6.92 Å². The first kappa shape index (κ1) is 16.4. The predicted octanol–water partition coefficient (Wildman–Crippen LogP) is 0.770. The number of nitrogens with zero attached hydrogens (tertiary/aromatic N) is 2. The number of aromatic nitrogens is 1. The Morgan fingerprint density at radius 2 is 2.05 bits per heavy atom. The topological polar surface area (TPSA) is 112 Å². The van der Waals surface area contributed by atoms with E-state index in [-0.39, 0.29) is 23.7 Å². The van der Waals surface area contributed by atoms with Gasteiger partial charge in [0.15, 0.2) is 0 Å². The van der Waals surface area contributed by atoms with Gasteiger partial charge in [0.05, 0.1) is 17.4 Å². The van der Waals surface area contributed by atoms with Gasteiger partial charge in [-0.15, -0.1) is 0 Å². The van der Waals surface area contributed by atoms with Crippen LogP contribution in [0.1, 0.15) is 23.7 Å². The van der Waals surface area contributed by atoms with Crippen molar-refractivity contribution in [1.82, 2.24) is 15.2 Å². The minimum absolute atomic E-state index is 0.0314. The zero-order valence-corrected chi connectivity index (χ0v) is 11.9. The van der Waals surface area contributed by atoms with E-state index in [9.17, 15) is 14.4 Å². The van der Waals surface area contributed by atoms with Crippen LogP contribution in [0.25, 0.3) is 0 Å². The van der Waals surface area contributed by atoms with Crippen LogP contribution in [0.5, 0.6) is 0 Å². The second-order valence-electron chi connectivity index (χ2n) is 4.40. The summed E-state index contributed by atoms with van der Waals surface area (Å²) in [4.78, 5) is 39.1. The van der Waals surface area contributed by atoms with Crippen molar-refractivity contribution in [2.75, 3.05) is 25.5 Å². The SMILES string of the molecule is CCCNC(=O)CN(C)C(=O)Nc1cncc(C(=O)O)c1. The molecule has 114 valence electrons. The first-order chi connectivity index (χ1) is 9.93. The summed E-state index contributed by atoms with van der Waals surface area (Å²) in [6.45, 7) is 2.40. The van der Waals surface area contributed by atoms with Gasteiger partial charge in [0.25, 0.3) is 0 Å². The van der Waals surface area contributed by atoms with Gasteiger partial charge >= 0.3 is 12.0 Å². The van der Waals surface area contributed by atoms with Crippen molar-refractivity contribution in [2.24, 2.45) is 0 Å². The highest BCUT2D eigenvalue weighted by Gasteiger charge is 2.13. The number of likely N-dealkylation sites (N-methyl/N-ethyl adjacent to an activating group) is 1. The minimum atomic E-state index is -1.13. The molecule has 0 bridgehead atoms. The molecule has 8 nitrogen and oxygen atoms in total. The van der Waals surface area contributed by atoms with Crippen molar-refractivity contribution in [2.45, 2.75) is 13.3 Å². The molecule has 0 atom stereocenters. The first-order valence-electron chi connectivity index (χ1n) is 6.41. The monoisotopic (exact) mass is 294 g/mol. The van der Waals surface area contributed by atoms with Crippen LogP contribution in [-0.4, -0.2) is 53.0 Å². The summed E-state index contributed by atoms with van der Waals surface area (Å²) in [5, 5.41) is 14.0. The minimum Gasteiger partial charge on any atom is -0.478 e. The number of carbonyl (C=O) groups is 3. The van der Waals surface area contributed by atoms with Crippen LogP contribution in [0.4, 0.5) is 10.5 Å². The molecular formula is C13H18N4O4. The number of urea groups is 1. The van der Waals surface area contributed by atoms with Crippen molar-refractivity contribution >= 4 is 23.6 Å². The fraction of sp³-hybridized carbons (Fsp3) is 0.385. The van der Waals surface area contributed by atoms with E-state index in [4.69, 9.17) is 5.11 Å². The van der Waals surface area contributed by atoms with Crippen LogP contribution < -0.4 is 10.6 Å². The second kappa shape index (κ2) is 7.83. The van der Waals surface area contributed by atoms with Crippen molar-refractivity contribution in [3.63, 3.8) is 0 Å². The van der Waals surface area contributed by atoms with Gasteiger partial charge in [0.1, 0.15) is 6.54 Å². The summed E-state index contributed by atoms with van der Waals surface area (Å²) < 4.78 is 0. The zero-order chi connectivity index (χ0) is 15.8. The molecule has 21 heavy (non-hydrogen) atoms. The Morgan fingerprint density at radius 3 is 2.67 bits per heavy atom. The number of hydrogen-bond acceptors (Lipinski definition) is 4. The van der Waals surface area contributed by atoms with Crippen LogP contribution in [0.15, 0.2) is 18.5 Å². The third-order valence-corrected chi connectivity index (χ3v) is 2.54. The maximum absolute atomic E-state index is 11.9. The molecule has 1 rings (SSSR count). The van der Waals surface area contributed by atoms with Gasteiger partial charge in [0, 0.05) is 19.8 Å². The average Bonchev–Trinajstić information content (AvgIpc) is 2.45. The summed E-state index contributed by atoms with van der Waals surface area (Å²) in [7, 11) is 1.47. The lowest BCUT2D eigenvalue weighted by Gasteiger charge is -2.17. The maximum Gasteiger partial charge on any atom is 0.337 e. The summed E-state index contributed by atoms with van der Waals surface area (Å²) in [5.41, 5.74) is 0.219. The van der Waals surface area contributed by atoms with Gasteiger partial charge in [-0.3, -0.25) is 9.78 Å². The molecule has 0 aromatic carbocycles. The summed E-state index contributed by atoms with van der Waals surface area (Å²) in [6, 6.07) is 0.768. The number of carbonyl (C=O) groups excluding carboxylic acids is 2. The number of hydrogen-bond donors (Lipinski definition) is 3. The smallest absolute Gasteiger partial charge is 0.337 e. The fourth-order valence-corrected chi connectivity index (χ4v) is 1.45. The van der Waals surface area contributed by atoms with E-state index >= 15 is 0 Å². The average molecular weight is 294 g/mol. The molecule has 0 fully saturated rings. The van der Waals surface area contributed by atoms with Crippen LogP contribution in [0.3, 0.4) is 0 Å². The molecule has 3 amide bonds. The number of rotatable bonds is 6. The number of carboxylic acids is 1. The molecule has 0 aliphatic rings. The van der Waals surface area contributed by atoms with E-state index in [1.165, 1.54) is 30.4 Å². The molecule has 1 aromatic rings. The third-order valence-electron chi connectivity index (χ3n) is 2.54. The van der Waals surface area contributed by atoms with Crippen molar-refractivity contribution < 1.29 is 19.5 Å². The van der Waals surface area contributed by atoms with E-state index < -0.39 is 12.0 Å². The van der Waals surface area contributed by atoms with E-state index in [1.807, 2.05) is 6.92 Å².